The average Bonchev–Trinajstić information content (AvgIpc) is 2.40. The van der Waals surface area contributed by atoms with Crippen molar-refractivity contribution in [2.45, 2.75) is 19.4 Å². The van der Waals surface area contributed by atoms with Crippen LogP contribution in [0.15, 0.2) is 18.2 Å². The summed E-state index contributed by atoms with van der Waals surface area (Å²) in [6.45, 7) is 2.83. The van der Waals surface area contributed by atoms with Crippen molar-refractivity contribution >= 4 is 5.69 Å². The fourth-order valence-corrected chi connectivity index (χ4v) is 2.55. The molecule has 1 aliphatic heterocycles. The molecule has 4 heteroatoms. The van der Waals surface area contributed by atoms with E-state index in [2.05, 4.69) is 10.2 Å². The van der Waals surface area contributed by atoms with E-state index < -0.39 is 0 Å². The van der Waals surface area contributed by atoms with E-state index in [0.717, 1.165) is 37.2 Å². The predicted octanol–water partition coefficient (Wildman–Crippen LogP) is 1.75. The zero-order valence-electron chi connectivity index (χ0n) is 10.8. The van der Waals surface area contributed by atoms with E-state index in [1.807, 2.05) is 13.1 Å². The summed E-state index contributed by atoms with van der Waals surface area (Å²) in [6, 6.07) is 4.98. The van der Waals surface area contributed by atoms with E-state index in [4.69, 9.17) is 5.11 Å². The molecule has 1 heterocycles. The van der Waals surface area contributed by atoms with Crippen LogP contribution in [-0.2, 0) is 6.54 Å². The Hall–Kier alpha value is -1.13. The number of aliphatic hydroxyl groups excluding tert-OH is 1. The van der Waals surface area contributed by atoms with Crippen LogP contribution in [0.1, 0.15) is 18.4 Å². The zero-order chi connectivity index (χ0) is 13.0. The van der Waals surface area contributed by atoms with E-state index in [1.165, 1.54) is 6.07 Å². The third kappa shape index (κ3) is 3.00. The quantitative estimate of drug-likeness (QED) is 0.857. The Balaban J connectivity index is 2.13. The first-order chi connectivity index (χ1) is 8.74. The van der Waals surface area contributed by atoms with Gasteiger partial charge in [-0.1, -0.05) is 0 Å². The second-order valence-electron chi connectivity index (χ2n) is 4.92. The van der Waals surface area contributed by atoms with Crippen molar-refractivity contribution in [3.05, 3.63) is 29.6 Å². The fraction of sp³-hybridized carbons (Fsp3) is 0.571. The highest BCUT2D eigenvalue weighted by molar-refractivity contribution is 5.54. The van der Waals surface area contributed by atoms with Gasteiger partial charge in [0.25, 0.3) is 0 Å². The molecule has 0 unspecified atom stereocenters. The Bertz CT molecular complexity index is 389. The summed E-state index contributed by atoms with van der Waals surface area (Å²) in [5.41, 5.74) is 2.11. The number of hydrogen-bond donors (Lipinski definition) is 2. The van der Waals surface area contributed by atoms with Crippen molar-refractivity contribution in [2.24, 2.45) is 5.92 Å². The maximum absolute atomic E-state index is 13.3. The predicted molar refractivity (Wildman–Crippen MR) is 71.2 cm³/mol. The van der Waals surface area contributed by atoms with Crippen LogP contribution in [0.4, 0.5) is 10.1 Å². The highest BCUT2D eigenvalue weighted by Gasteiger charge is 2.20. The van der Waals surface area contributed by atoms with Crippen LogP contribution in [-0.4, -0.2) is 31.9 Å². The van der Waals surface area contributed by atoms with E-state index in [1.54, 1.807) is 6.07 Å². The summed E-state index contributed by atoms with van der Waals surface area (Å²) in [4.78, 5) is 2.29. The molecule has 18 heavy (non-hydrogen) atoms. The molecule has 1 fully saturated rings. The SMILES string of the molecule is CNCc1cc(F)ccc1N1CCC(CO)CC1. The molecule has 0 radical (unpaired) electrons. The van der Waals surface area contributed by atoms with Gasteiger partial charge in [-0.3, -0.25) is 0 Å². The summed E-state index contributed by atoms with van der Waals surface area (Å²) in [5, 5.41) is 12.2. The van der Waals surface area contributed by atoms with Crippen LogP contribution in [0, 0.1) is 11.7 Å². The van der Waals surface area contributed by atoms with Gasteiger partial charge in [0.15, 0.2) is 0 Å². The summed E-state index contributed by atoms with van der Waals surface area (Å²) < 4.78 is 13.3. The zero-order valence-corrected chi connectivity index (χ0v) is 10.8. The van der Waals surface area contributed by atoms with Crippen LogP contribution in [0.2, 0.25) is 0 Å². The second-order valence-corrected chi connectivity index (χ2v) is 4.92. The maximum Gasteiger partial charge on any atom is 0.123 e. The Morgan fingerprint density at radius 2 is 2.11 bits per heavy atom. The monoisotopic (exact) mass is 252 g/mol. The van der Waals surface area contributed by atoms with Crippen molar-refractivity contribution in [3.63, 3.8) is 0 Å². The Labute approximate surface area is 108 Å². The molecule has 3 nitrogen and oxygen atoms in total. The summed E-state index contributed by atoms with van der Waals surface area (Å²) in [7, 11) is 1.87. The second kappa shape index (κ2) is 6.16. The molecule has 0 aromatic heterocycles. The van der Waals surface area contributed by atoms with Crippen molar-refractivity contribution in [3.8, 4) is 0 Å². The number of halogens is 1. The minimum Gasteiger partial charge on any atom is -0.396 e. The summed E-state index contributed by atoms with van der Waals surface area (Å²) >= 11 is 0. The van der Waals surface area contributed by atoms with E-state index in [0.29, 0.717) is 12.5 Å². The smallest absolute Gasteiger partial charge is 0.123 e. The van der Waals surface area contributed by atoms with Gasteiger partial charge < -0.3 is 15.3 Å². The number of anilines is 1. The molecule has 100 valence electrons. The highest BCUT2D eigenvalue weighted by Crippen LogP contribution is 2.26. The van der Waals surface area contributed by atoms with Crippen molar-refractivity contribution in [1.82, 2.24) is 5.32 Å². The molecule has 2 rings (SSSR count). The largest absolute Gasteiger partial charge is 0.396 e. The summed E-state index contributed by atoms with van der Waals surface area (Å²) in [5.74, 6) is 0.240. The molecule has 1 aromatic carbocycles. The number of aliphatic hydroxyl groups is 1. The van der Waals surface area contributed by atoms with Gasteiger partial charge in [0.2, 0.25) is 0 Å². The number of nitrogens with one attached hydrogen (secondary N) is 1. The molecule has 0 aliphatic carbocycles. The van der Waals surface area contributed by atoms with Gasteiger partial charge in [0, 0.05) is 31.9 Å². The van der Waals surface area contributed by atoms with Crippen molar-refractivity contribution in [2.75, 3.05) is 31.6 Å². The van der Waals surface area contributed by atoms with E-state index in [-0.39, 0.29) is 12.4 Å². The molecule has 0 atom stereocenters. The van der Waals surface area contributed by atoms with Crippen molar-refractivity contribution in [1.29, 1.82) is 0 Å². The molecule has 2 N–H and O–H groups in total. The molecule has 0 saturated carbocycles. The first-order valence-corrected chi connectivity index (χ1v) is 6.53. The van der Waals surface area contributed by atoms with Crippen LogP contribution in [0.25, 0.3) is 0 Å². The van der Waals surface area contributed by atoms with Crippen LogP contribution in [0.3, 0.4) is 0 Å². The Morgan fingerprint density at radius 1 is 1.39 bits per heavy atom. The molecule has 1 aromatic rings. The first kappa shape index (κ1) is 13.3. The topological polar surface area (TPSA) is 35.5 Å². The molecule has 0 bridgehead atoms. The molecular formula is C14H21FN2O. The molecule has 0 amide bonds. The van der Waals surface area contributed by atoms with Gasteiger partial charge in [-0.25, -0.2) is 4.39 Å². The van der Waals surface area contributed by atoms with Crippen molar-refractivity contribution < 1.29 is 9.50 Å². The Morgan fingerprint density at radius 3 is 2.72 bits per heavy atom. The minimum absolute atomic E-state index is 0.186. The number of hydrogen-bond acceptors (Lipinski definition) is 3. The van der Waals surface area contributed by atoms with Gasteiger partial charge >= 0.3 is 0 Å². The van der Waals surface area contributed by atoms with Gasteiger partial charge in [-0.05, 0) is 49.6 Å². The number of rotatable bonds is 4. The lowest BCUT2D eigenvalue weighted by atomic mass is 9.97. The molecular weight excluding hydrogens is 231 g/mol. The molecule has 0 spiro atoms. The van der Waals surface area contributed by atoms with Gasteiger partial charge in [-0.2, -0.15) is 0 Å². The molecule has 1 aliphatic rings. The van der Waals surface area contributed by atoms with Crippen LogP contribution < -0.4 is 10.2 Å². The normalized spacial score (nSPS) is 17.2. The number of nitrogens with zero attached hydrogens (tertiary/aromatic N) is 1. The van der Waals surface area contributed by atoms with Crippen LogP contribution >= 0.6 is 0 Å². The average molecular weight is 252 g/mol. The summed E-state index contributed by atoms with van der Waals surface area (Å²) in [6.07, 6.45) is 2.01. The lowest BCUT2D eigenvalue weighted by molar-refractivity contribution is 0.203. The van der Waals surface area contributed by atoms with E-state index >= 15 is 0 Å². The third-order valence-corrected chi connectivity index (χ3v) is 3.62. The lowest BCUT2D eigenvalue weighted by Gasteiger charge is -2.34. The van der Waals surface area contributed by atoms with E-state index in [9.17, 15) is 4.39 Å². The van der Waals surface area contributed by atoms with Gasteiger partial charge in [0.1, 0.15) is 5.82 Å². The molecule has 1 saturated heterocycles. The first-order valence-electron chi connectivity index (χ1n) is 6.53. The van der Waals surface area contributed by atoms with Gasteiger partial charge in [0.05, 0.1) is 0 Å². The Kier molecular flexibility index (Phi) is 4.55. The number of piperidine rings is 1. The highest BCUT2D eigenvalue weighted by atomic mass is 19.1. The fourth-order valence-electron chi connectivity index (χ4n) is 2.55. The maximum atomic E-state index is 13.3. The number of benzene rings is 1. The standard InChI is InChI=1S/C14H21FN2O/c1-16-9-12-8-13(15)2-3-14(12)17-6-4-11(10-18)5-7-17/h2-3,8,11,16,18H,4-7,9-10H2,1H3. The van der Waals surface area contributed by atoms with Crippen LogP contribution in [0.5, 0.6) is 0 Å². The van der Waals surface area contributed by atoms with Gasteiger partial charge in [-0.15, -0.1) is 0 Å². The minimum atomic E-state index is -0.186. The third-order valence-electron chi connectivity index (χ3n) is 3.62. The lowest BCUT2D eigenvalue weighted by Crippen LogP contribution is -2.35.